The number of aryl methyl sites for hydroxylation is 1. The van der Waals surface area contributed by atoms with Crippen molar-refractivity contribution in [2.45, 2.75) is 13.5 Å². The normalized spacial score (nSPS) is 10.3. The van der Waals surface area contributed by atoms with Crippen LogP contribution < -0.4 is 10.6 Å². The zero-order valence-corrected chi connectivity index (χ0v) is 12.4. The maximum atomic E-state index is 13.9. The smallest absolute Gasteiger partial charge is 0.135 e. The van der Waals surface area contributed by atoms with E-state index in [0.717, 1.165) is 5.69 Å². The molecule has 20 heavy (non-hydrogen) atoms. The number of hydrogen-bond donors (Lipinski definition) is 1. The second kappa shape index (κ2) is 6.01. The van der Waals surface area contributed by atoms with Crippen molar-refractivity contribution < 1.29 is 4.39 Å². The fraction of sp³-hybridized carbons (Fsp3) is 0.188. The molecule has 4 heteroatoms. The van der Waals surface area contributed by atoms with E-state index in [0.29, 0.717) is 6.54 Å². The molecular weight excluding hydrogens is 271 g/mol. The van der Waals surface area contributed by atoms with Gasteiger partial charge in [0.05, 0.1) is 0 Å². The molecule has 2 nitrogen and oxygen atoms in total. The Bertz CT molecular complexity index is 623. The van der Waals surface area contributed by atoms with E-state index < -0.39 is 0 Å². The summed E-state index contributed by atoms with van der Waals surface area (Å²) in [6.45, 7) is 2.77. The standard InChI is InChI=1S/C16H17FN2S/c1-11-3-5-12(6-4-11)10-19(2)13-7-8-14(16(18)20)15(17)9-13/h3-9H,10H2,1-2H3,(H2,18,20). The van der Waals surface area contributed by atoms with Crippen molar-refractivity contribution >= 4 is 22.9 Å². The van der Waals surface area contributed by atoms with Gasteiger partial charge in [0.2, 0.25) is 0 Å². The predicted molar refractivity (Wildman–Crippen MR) is 85.6 cm³/mol. The average Bonchev–Trinajstić information content (AvgIpc) is 2.40. The number of halogens is 1. The molecule has 2 aromatic carbocycles. The topological polar surface area (TPSA) is 29.3 Å². The molecule has 0 amide bonds. The van der Waals surface area contributed by atoms with Gasteiger partial charge in [-0.1, -0.05) is 42.0 Å². The molecule has 0 bridgehead atoms. The summed E-state index contributed by atoms with van der Waals surface area (Å²) in [4.78, 5) is 2.06. The minimum Gasteiger partial charge on any atom is -0.389 e. The van der Waals surface area contributed by atoms with Gasteiger partial charge in [-0.05, 0) is 30.7 Å². The Morgan fingerprint density at radius 2 is 1.85 bits per heavy atom. The van der Waals surface area contributed by atoms with Crippen molar-refractivity contribution in [3.8, 4) is 0 Å². The summed E-state index contributed by atoms with van der Waals surface area (Å²) in [7, 11) is 1.93. The fourth-order valence-corrected chi connectivity index (χ4v) is 2.17. The summed E-state index contributed by atoms with van der Waals surface area (Å²) in [5, 5.41) is 0. The Kier molecular flexibility index (Phi) is 4.35. The van der Waals surface area contributed by atoms with Crippen LogP contribution in [0.4, 0.5) is 10.1 Å². The molecule has 2 rings (SSSR count). The van der Waals surface area contributed by atoms with Gasteiger partial charge in [-0.15, -0.1) is 0 Å². The number of anilines is 1. The number of nitrogens with zero attached hydrogens (tertiary/aromatic N) is 1. The summed E-state index contributed by atoms with van der Waals surface area (Å²) in [5.41, 5.74) is 8.94. The highest BCUT2D eigenvalue weighted by molar-refractivity contribution is 7.80. The van der Waals surface area contributed by atoms with Gasteiger partial charge < -0.3 is 10.6 Å². The molecule has 0 aliphatic carbocycles. The maximum Gasteiger partial charge on any atom is 0.135 e. The van der Waals surface area contributed by atoms with E-state index >= 15 is 0 Å². The minimum absolute atomic E-state index is 0.0789. The van der Waals surface area contributed by atoms with Gasteiger partial charge in [-0.25, -0.2) is 4.39 Å². The van der Waals surface area contributed by atoms with Crippen molar-refractivity contribution in [1.82, 2.24) is 0 Å². The van der Waals surface area contributed by atoms with Crippen LogP contribution in [0, 0.1) is 12.7 Å². The quantitative estimate of drug-likeness (QED) is 0.874. The molecule has 0 spiro atoms. The van der Waals surface area contributed by atoms with Crippen LogP contribution in [-0.4, -0.2) is 12.0 Å². The highest BCUT2D eigenvalue weighted by Gasteiger charge is 2.09. The van der Waals surface area contributed by atoms with Crippen LogP contribution in [0.25, 0.3) is 0 Å². The Morgan fingerprint density at radius 3 is 2.40 bits per heavy atom. The molecule has 0 radical (unpaired) electrons. The second-order valence-electron chi connectivity index (χ2n) is 4.87. The van der Waals surface area contributed by atoms with Crippen molar-refractivity contribution in [1.29, 1.82) is 0 Å². The second-order valence-corrected chi connectivity index (χ2v) is 5.31. The van der Waals surface area contributed by atoms with Crippen LogP contribution in [-0.2, 0) is 6.54 Å². The Morgan fingerprint density at radius 1 is 1.20 bits per heavy atom. The van der Waals surface area contributed by atoms with Gasteiger partial charge in [0.25, 0.3) is 0 Å². The molecule has 0 atom stereocenters. The largest absolute Gasteiger partial charge is 0.389 e. The van der Waals surface area contributed by atoms with E-state index in [4.69, 9.17) is 18.0 Å². The molecule has 0 saturated carbocycles. The summed E-state index contributed by atoms with van der Waals surface area (Å²) in [6, 6.07) is 13.2. The summed E-state index contributed by atoms with van der Waals surface area (Å²) < 4.78 is 13.9. The Labute approximate surface area is 124 Å². The van der Waals surface area contributed by atoms with Crippen molar-refractivity contribution in [3.05, 3.63) is 65.0 Å². The van der Waals surface area contributed by atoms with E-state index in [-0.39, 0.29) is 16.4 Å². The Balaban J connectivity index is 2.17. The highest BCUT2D eigenvalue weighted by atomic mass is 32.1. The van der Waals surface area contributed by atoms with Crippen LogP contribution >= 0.6 is 12.2 Å². The van der Waals surface area contributed by atoms with Crippen LogP contribution in [0.1, 0.15) is 16.7 Å². The van der Waals surface area contributed by atoms with Gasteiger partial charge in [0, 0.05) is 24.8 Å². The molecule has 2 N–H and O–H groups in total. The third-order valence-corrected chi connectivity index (χ3v) is 3.42. The first kappa shape index (κ1) is 14.5. The van der Waals surface area contributed by atoms with E-state index in [1.807, 2.05) is 18.0 Å². The van der Waals surface area contributed by atoms with E-state index in [1.54, 1.807) is 6.07 Å². The minimum atomic E-state index is -0.384. The third-order valence-electron chi connectivity index (χ3n) is 3.20. The maximum absolute atomic E-state index is 13.9. The first-order valence-corrected chi connectivity index (χ1v) is 6.74. The molecular formula is C16H17FN2S. The summed E-state index contributed by atoms with van der Waals surface area (Å²) in [5.74, 6) is -0.384. The number of hydrogen-bond acceptors (Lipinski definition) is 2. The van der Waals surface area contributed by atoms with E-state index in [1.165, 1.54) is 17.2 Å². The SMILES string of the molecule is Cc1ccc(CN(C)c2ccc(C(N)=S)c(F)c2)cc1. The van der Waals surface area contributed by atoms with Gasteiger partial charge in [-0.3, -0.25) is 0 Å². The van der Waals surface area contributed by atoms with Crippen LogP contribution in [0.3, 0.4) is 0 Å². The van der Waals surface area contributed by atoms with Gasteiger partial charge >= 0.3 is 0 Å². The monoisotopic (exact) mass is 288 g/mol. The lowest BCUT2D eigenvalue weighted by Gasteiger charge is -2.20. The van der Waals surface area contributed by atoms with E-state index in [9.17, 15) is 4.39 Å². The first-order chi connectivity index (χ1) is 9.47. The molecule has 0 saturated heterocycles. The van der Waals surface area contributed by atoms with Gasteiger partial charge in [0.1, 0.15) is 10.8 Å². The van der Waals surface area contributed by atoms with Gasteiger partial charge in [0.15, 0.2) is 0 Å². The molecule has 0 heterocycles. The molecule has 2 aromatic rings. The van der Waals surface area contributed by atoms with Crippen LogP contribution in [0.5, 0.6) is 0 Å². The summed E-state index contributed by atoms with van der Waals surface area (Å²) in [6.07, 6.45) is 0. The third kappa shape index (κ3) is 3.33. The van der Waals surface area contributed by atoms with Crippen molar-refractivity contribution in [2.24, 2.45) is 5.73 Å². The lowest BCUT2D eigenvalue weighted by atomic mass is 10.1. The predicted octanol–water partition coefficient (Wildman–Crippen LogP) is 3.40. The lowest BCUT2D eigenvalue weighted by molar-refractivity contribution is 0.625. The van der Waals surface area contributed by atoms with Crippen molar-refractivity contribution in [3.63, 3.8) is 0 Å². The lowest BCUT2D eigenvalue weighted by Crippen LogP contribution is -2.18. The number of nitrogens with two attached hydrogens (primary N) is 1. The van der Waals surface area contributed by atoms with Crippen LogP contribution in [0.15, 0.2) is 42.5 Å². The van der Waals surface area contributed by atoms with E-state index in [2.05, 4.69) is 31.2 Å². The molecule has 0 aliphatic heterocycles. The summed E-state index contributed by atoms with van der Waals surface area (Å²) >= 11 is 4.80. The zero-order valence-electron chi connectivity index (χ0n) is 11.6. The molecule has 0 fully saturated rings. The average molecular weight is 288 g/mol. The molecule has 0 aromatic heterocycles. The Hall–Kier alpha value is -1.94. The van der Waals surface area contributed by atoms with Crippen molar-refractivity contribution in [2.75, 3.05) is 11.9 Å². The molecule has 0 unspecified atom stereocenters. The zero-order chi connectivity index (χ0) is 14.7. The number of rotatable bonds is 4. The highest BCUT2D eigenvalue weighted by Crippen LogP contribution is 2.19. The number of thiocarbonyl (C=S) groups is 1. The molecule has 104 valence electrons. The van der Waals surface area contributed by atoms with Crippen LogP contribution in [0.2, 0.25) is 0 Å². The van der Waals surface area contributed by atoms with Gasteiger partial charge in [-0.2, -0.15) is 0 Å². The molecule has 0 aliphatic rings. The fourth-order valence-electron chi connectivity index (χ4n) is 2.00. The number of benzene rings is 2. The first-order valence-electron chi connectivity index (χ1n) is 6.33.